The maximum absolute atomic E-state index is 12.2. The van der Waals surface area contributed by atoms with Crippen molar-refractivity contribution in [3.05, 3.63) is 76.9 Å². The molecule has 8 heteroatoms. The van der Waals surface area contributed by atoms with Gasteiger partial charge in [0, 0.05) is 28.8 Å². The average Bonchev–Trinajstić information content (AvgIpc) is 3.10. The summed E-state index contributed by atoms with van der Waals surface area (Å²) in [5.74, 6) is -1.15. The van der Waals surface area contributed by atoms with E-state index in [9.17, 15) is 14.7 Å². The number of nitrogens with zero attached hydrogens (tertiary/aromatic N) is 2. The summed E-state index contributed by atoms with van der Waals surface area (Å²) in [7, 11) is 0. The average molecular weight is 456 g/mol. The van der Waals surface area contributed by atoms with Gasteiger partial charge in [0.25, 0.3) is 0 Å². The standard InChI is InChI=1S/C24H26ClN3O4/c1-24(2,3)32-23(31)26-20(22(29)30)13-18-15-28(14-16-9-11-19(25)12-10-16)27-21(18)17-7-5-4-6-8-17/h4-12,15,20H,13-14H2,1-3H3,(H,26,31)(H,29,30). The van der Waals surface area contributed by atoms with Crippen molar-refractivity contribution in [2.75, 3.05) is 0 Å². The van der Waals surface area contributed by atoms with Crippen molar-refractivity contribution in [2.45, 2.75) is 45.4 Å². The van der Waals surface area contributed by atoms with Crippen LogP contribution in [0.1, 0.15) is 31.9 Å². The van der Waals surface area contributed by atoms with Crippen LogP contribution in [0.4, 0.5) is 4.79 Å². The van der Waals surface area contributed by atoms with Crippen LogP contribution in [0, 0.1) is 0 Å². The molecule has 0 bridgehead atoms. The zero-order valence-corrected chi connectivity index (χ0v) is 19.0. The van der Waals surface area contributed by atoms with Gasteiger partial charge in [-0.15, -0.1) is 0 Å². The fourth-order valence-electron chi connectivity index (χ4n) is 3.18. The van der Waals surface area contributed by atoms with Crippen LogP contribution in [0.15, 0.2) is 60.8 Å². The third kappa shape index (κ3) is 6.59. The van der Waals surface area contributed by atoms with E-state index >= 15 is 0 Å². The molecule has 2 aromatic carbocycles. The van der Waals surface area contributed by atoms with Crippen LogP contribution in [0.5, 0.6) is 0 Å². The maximum atomic E-state index is 12.2. The summed E-state index contributed by atoms with van der Waals surface area (Å²) in [6, 6.07) is 15.8. The van der Waals surface area contributed by atoms with Gasteiger partial charge in [0.1, 0.15) is 11.6 Å². The second kappa shape index (κ2) is 9.87. The topological polar surface area (TPSA) is 93.5 Å². The van der Waals surface area contributed by atoms with Crippen LogP contribution in [-0.2, 0) is 22.5 Å². The van der Waals surface area contributed by atoms with E-state index in [1.54, 1.807) is 25.5 Å². The monoisotopic (exact) mass is 455 g/mol. The summed E-state index contributed by atoms with van der Waals surface area (Å²) in [5, 5.41) is 17.5. The summed E-state index contributed by atoms with van der Waals surface area (Å²) < 4.78 is 6.98. The molecular formula is C24H26ClN3O4. The predicted octanol–water partition coefficient (Wildman–Crippen LogP) is 4.77. The number of hydrogen-bond donors (Lipinski definition) is 2. The van der Waals surface area contributed by atoms with Crippen LogP contribution in [0.2, 0.25) is 5.02 Å². The van der Waals surface area contributed by atoms with Crippen molar-refractivity contribution in [3.63, 3.8) is 0 Å². The van der Waals surface area contributed by atoms with E-state index in [1.807, 2.05) is 60.8 Å². The first kappa shape index (κ1) is 23.3. The quantitative estimate of drug-likeness (QED) is 0.535. The molecule has 7 nitrogen and oxygen atoms in total. The minimum absolute atomic E-state index is 0.0550. The van der Waals surface area contributed by atoms with Crippen molar-refractivity contribution in [3.8, 4) is 11.3 Å². The van der Waals surface area contributed by atoms with Crippen LogP contribution >= 0.6 is 11.6 Å². The molecule has 1 heterocycles. The largest absolute Gasteiger partial charge is 0.480 e. The molecule has 0 fully saturated rings. The van der Waals surface area contributed by atoms with Crippen LogP contribution in [-0.4, -0.2) is 38.6 Å². The Morgan fingerprint density at radius 1 is 1.12 bits per heavy atom. The number of carbonyl (C=O) groups is 2. The predicted molar refractivity (Wildman–Crippen MR) is 123 cm³/mol. The third-order valence-electron chi connectivity index (χ3n) is 4.56. The summed E-state index contributed by atoms with van der Waals surface area (Å²) in [6.07, 6.45) is 1.09. The van der Waals surface area contributed by atoms with Gasteiger partial charge in [-0.1, -0.05) is 54.1 Å². The zero-order valence-electron chi connectivity index (χ0n) is 18.2. The number of carboxylic acids is 1. The first-order valence-electron chi connectivity index (χ1n) is 10.2. The maximum Gasteiger partial charge on any atom is 0.408 e. The lowest BCUT2D eigenvalue weighted by atomic mass is 10.0. The molecule has 1 amide bonds. The van der Waals surface area contributed by atoms with Crippen molar-refractivity contribution in [1.82, 2.24) is 15.1 Å². The molecule has 1 aromatic heterocycles. The highest BCUT2D eigenvalue weighted by Gasteiger charge is 2.26. The first-order valence-corrected chi connectivity index (χ1v) is 10.6. The molecule has 0 radical (unpaired) electrons. The lowest BCUT2D eigenvalue weighted by molar-refractivity contribution is -0.139. The number of benzene rings is 2. The number of alkyl carbamates (subject to hydrolysis) is 1. The normalized spacial score (nSPS) is 12.2. The van der Waals surface area contributed by atoms with Gasteiger partial charge in [0.05, 0.1) is 12.2 Å². The SMILES string of the molecule is CC(C)(C)OC(=O)NC(Cc1cn(Cc2ccc(Cl)cc2)nc1-c1ccccc1)C(=O)O. The van der Waals surface area contributed by atoms with Crippen molar-refractivity contribution >= 4 is 23.7 Å². The van der Waals surface area contributed by atoms with Crippen molar-refractivity contribution in [2.24, 2.45) is 0 Å². The Labute approximate surface area is 192 Å². The minimum Gasteiger partial charge on any atom is -0.480 e. The highest BCUT2D eigenvalue weighted by atomic mass is 35.5. The van der Waals surface area contributed by atoms with Crippen molar-refractivity contribution in [1.29, 1.82) is 0 Å². The number of carbonyl (C=O) groups excluding carboxylic acids is 1. The number of rotatable bonds is 7. The van der Waals surface area contributed by atoms with E-state index < -0.39 is 23.7 Å². The van der Waals surface area contributed by atoms with Gasteiger partial charge in [0.15, 0.2) is 0 Å². The van der Waals surface area contributed by atoms with Crippen LogP contribution in [0.3, 0.4) is 0 Å². The van der Waals surface area contributed by atoms with Gasteiger partial charge in [0.2, 0.25) is 0 Å². The van der Waals surface area contributed by atoms with E-state index in [0.29, 0.717) is 22.8 Å². The summed E-state index contributed by atoms with van der Waals surface area (Å²) in [5.41, 5.74) is 2.50. The van der Waals surface area contributed by atoms with Crippen LogP contribution < -0.4 is 5.32 Å². The van der Waals surface area contributed by atoms with Gasteiger partial charge in [-0.3, -0.25) is 4.68 Å². The number of carboxylic acid groups (broad SMARTS) is 1. The Hall–Kier alpha value is -3.32. The molecule has 1 atom stereocenters. The Kier molecular flexibility index (Phi) is 7.20. The van der Waals surface area contributed by atoms with E-state index in [4.69, 9.17) is 21.4 Å². The molecule has 2 N–H and O–H groups in total. The number of halogens is 1. The molecule has 0 saturated carbocycles. The highest BCUT2D eigenvalue weighted by Crippen LogP contribution is 2.24. The molecule has 0 aliphatic carbocycles. The smallest absolute Gasteiger partial charge is 0.408 e. The Bertz CT molecular complexity index is 1070. The van der Waals surface area contributed by atoms with E-state index in [2.05, 4.69) is 5.32 Å². The van der Waals surface area contributed by atoms with Gasteiger partial charge in [-0.2, -0.15) is 5.10 Å². The Balaban J connectivity index is 1.88. The summed E-state index contributed by atoms with van der Waals surface area (Å²) in [4.78, 5) is 24.0. The fraction of sp³-hybridized carbons (Fsp3) is 0.292. The molecule has 0 spiro atoms. The number of ether oxygens (including phenoxy) is 1. The minimum atomic E-state index is -1.17. The third-order valence-corrected chi connectivity index (χ3v) is 4.81. The van der Waals surface area contributed by atoms with Gasteiger partial charge in [-0.05, 0) is 38.5 Å². The molecule has 1 unspecified atom stereocenters. The van der Waals surface area contributed by atoms with Gasteiger partial charge in [-0.25, -0.2) is 9.59 Å². The molecule has 3 rings (SSSR count). The van der Waals surface area contributed by atoms with Crippen LogP contribution in [0.25, 0.3) is 11.3 Å². The number of aromatic nitrogens is 2. The number of amides is 1. The molecule has 3 aromatic rings. The molecular weight excluding hydrogens is 430 g/mol. The fourth-order valence-corrected chi connectivity index (χ4v) is 3.30. The highest BCUT2D eigenvalue weighted by molar-refractivity contribution is 6.30. The Morgan fingerprint density at radius 3 is 2.38 bits per heavy atom. The van der Waals surface area contributed by atoms with Gasteiger partial charge < -0.3 is 15.2 Å². The number of hydrogen-bond acceptors (Lipinski definition) is 4. The van der Waals surface area contributed by atoms with Crippen molar-refractivity contribution < 1.29 is 19.4 Å². The second-order valence-corrected chi connectivity index (χ2v) is 8.87. The lowest BCUT2D eigenvalue weighted by Crippen LogP contribution is -2.44. The van der Waals surface area contributed by atoms with E-state index in [-0.39, 0.29) is 6.42 Å². The zero-order chi connectivity index (χ0) is 23.3. The molecule has 32 heavy (non-hydrogen) atoms. The first-order chi connectivity index (χ1) is 15.1. The van der Waals surface area contributed by atoms with E-state index in [0.717, 1.165) is 11.1 Å². The molecule has 0 aliphatic rings. The summed E-state index contributed by atoms with van der Waals surface area (Å²) in [6.45, 7) is 5.65. The second-order valence-electron chi connectivity index (χ2n) is 8.43. The molecule has 0 saturated heterocycles. The number of aliphatic carboxylic acids is 1. The summed E-state index contributed by atoms with van der Waals surface area (Å²) >= 11 is 5.97. The lowest BCUT2D eigenvalue weighted by Gasteiger charge is -2.22. The Morgan fingerprint density at radius 2 is 1.78 bits per heavy atom. The van der Waals surface area contributed by atoms with Gasteiger partial charge >= 0.3 is 12.1 Å². The molecule has 0 aliphatic heterocycles. The number of nitrogens with one attached hydrogen (secondary N) is 1. The molecule has 168 valence electrons. The van der Waals surface area contributed by atoms with E-state index in [1.165, 1.54) is 0 Å².